The van der Waals surface area contributed by atoms with Crippen LogP contribution in [0.1, 0.15) is 5.69 Å². The second-order valence-electron chi connectivity index (χ2n) is 7.63. The molecule has 1 fully saturated rings. The lowest BCUT2D eigenvalue weighted by Crippen LogP contribution is -2.46. The Labute approximate surface area is 190 Å². The zero-order chi connectivity index (χ0) is 21.2. The SMILES string of the molecule is COc1ccc(-c2nc(CN3CCN(c4cc5ccccc5c(Cl)n4)CC3)cs2)cc1. The van der Waals surface area contributed by atoms with E-state index >= 15 is 0 Å². The molecule has 0 saturated carbocycles. The van der Waals surface area contributed by atoms with Gasteiger partial charge in [0.25, 0.3) is 0 Å². The maximum atomic E-state index is 6.42. The minimum absolute atomic E-state index is 0.573. The molecule has 0 spiro atoms. The average Bonchev–Trinajstić information content (AvgIpc) is 3.28. The van der Waals surface area contributed by atoms with Gasteiger partial charge >= 0.3 is 0 Å². The monoisotopic (exact) mass is 450 g/mol. The van der Waals surface area contributed by atoms with Crippen LogP contribution >= 0.6 is 22.9 Å². The van der Waals surface area contributed by atoms with Crippen molar-refractivity contribution in [2.24, 2.45) is 0 Å². The highest BCUT2D eigenvalue weighted by atomic mass is 35.5. The van der Waals surface area contributed by atoms with Crippen LogP contribution in [0.25, 0.3) is 21.3 Å². The van der Waals surface area contributed by atoms with Gasteiger partial charge in [0, 0.05) is 49.1 Å². The van der Waals surface area contributed by atoms with Crippen LogP contribution in [0.2, 0.25) is 5.15 Å². The fraction of sp³-hybridized carbons (Fsp3) is 0.250. The van der Waals surface area contributed by atoms with Gasteiger partial charge in [-0.05, 0) is 35.7 Å². The summed E-state index contributed by atoms with van der Waals surface area (Å²) in [4.78, 5) is 14.3. The third kappa shape index (κ3) is 4.37. The van der Waals surface area contributed by atoms with Crippen LogP contribution in [-0.4, -0.2) is 48.2 Å². The molecule has 4 aromatic rings. The summed E-state index contributed by atoms with van der Waals surface area (Å²) in [5, 5.41) is 5.92. The van der Waals surface area contributed by atoms with Crippen molar-refractivity contribution in [3.8, 4) is 16.3 Å². The Hall–Kier alpha value is -2.67. The van der Waals surface area contributed by atoms with Crippen LogP contribution in [-0.2, 0) is 6.54 Å². The van der Waals surface area contributed by atoms with E-state index in [0.29, 0.717) is 5.15 Å². The minimum Gasteiger partial charge on any atom is -0.497 e. The summed E-state index contributed by atoms with van der Waals surface area (Å²) in [6.45, 7) is 4.67. The van der Waals surface area contributed by atoms with Crippen LogP contribution in [0.3, 0.4) is 0 Å². The first kappa shape index (κ1) is 20.2. The first-order valence-corrected chi connectivity index (χ1v) is 11.6. The van der Waals surface area contributed by atoms with E-state index in [1.54, 1.807) is 18.4 Å². The van der Waals surface area contributed by atoms with E-state index in [4.69, 9.17) is 21.3 Å². The van der Waals surface area contributed by atoms with Crippen LogP contribution < -0.4 is 9.64 Å². The maximum absolute atomic E-state index is 6.42. The molecule has 1 aliphatic heterocycles. The summed E-state index contributed by atoms with van der Waals surface area (Å²) in [6.07, 6.45) is 0. The van der Waals surface area contributed by atoms with E-state index in [-0.39, 0.29) is 0 Å². The Morgan fingerprint density at radius 1 is 1.00 bits per heavy atom. The molecule has 0 N–H and O–H groups in total. The fourth-order valence-corrected chi connectivity index (χ4v) is 4.99. The van der Waals surface area contributed by atoms with Gasteiger partial charge in [-0.3, -0.25) is 4.90 Å². The predicted octanol–water partition coefficient (Wildman–Crippen LogP) is 5.34. The summed E-state index contributed by atoms with van der Waals surface area (Å²) >= 11 is 8.12. The number of anilines is 1. The van der Waals surface area contributed by atoms with Crippen molar-refractivity contribution in [1.29, 1.82) is 0 Å². The molecule has 0 aliphatic carbocycles. The first-order valence-electron chi connectivity index (χ1n) is 10.3. The van der Waals surface area contributed by atoms with E-state index in [0.717, 1.165) is 71.3 Å². The number of halogens is 1. The summed E-state index contributed by atoms with van der Waals surface area (Å²) in [5.41, 5.74) is 2.25. The lowest BCUT2D eigenvalue weighted by atomic mass is 10.1. The Morgan fingerprint density at radius 3 is 2.55 bits per heavy atom. The maximum Gasteiger partial charge on any atom is 0.139 e. The van der Waals surface area contributed by atoms with Crippen molar-refractivity contribution < 1.29 is 4.74 Å². The molecular formula is C24H23ClN4OS. The molecule has 7 heteroatoms. The standard InChI is InChI=1S/C24H23ClN4OS/c1-30-20-8-6-17(7-9-20)24-26-19(16-31-24)15-28-10-12-29(13-11-28)22-14-18-4-2-3-5-21(18)23(25)27-22/h2-9,14,16H,10-13,15H2,1H3. The number of methoxy groups -OCH3 is 1. The number of piperazine rings is 1. The number of pyridine rings is 1. The zero-order valence-corrected chi connectivity index (χ0v) is 18.9. The number of benzene rings is 2. The molecule has 3 heterocycles. The fourth-order valence-electron chi connectivity index (χ4n) is 3.91. The van der Waals surface area contributed by atoms with E-state index in [2.05, 4.69) is 44.4 Å². The number of fused-ring (bicyclic) bond motifs is 1. The highest BCUT2D eigenvalue weighted by Gasteiger charge is 2.20. The summed E-state index contributed by atoms with van der Waals surface area (Å²) in [5.74, 6) is 1.82. The first-order chi connectivity index (χ1) is 15.2. The van der Waals surface area contributed by atoms with E-state index in [1.165, 1.54) is 0 Å². The predicted molar refractivity (Wildman–Crippen MR) is 128 cm³/mol. The summed E-state index contributed by atoms with van der Waals surface area (Å²) < 4.78 is 5.24. The number of nitrogens with zero attached hydrogens (tertiary/aromatic N) is 4. The summed E-state index contributed by atoms with van der Waals surface area (Å²) in [7, 11) is 1.68. The number of ether oxygens (including phenoxy) is 1. The quantitative estimate of drug-likeness (QED) is 0.384. The molecule has 158 valence electrons. The van der Waals surface area contributed by atoms with Crippen molar-refractivity contribution >= 4 is 39.5 Å². The molecule has 0 amide bonds. The Kier molecular flexibility index (Phi) is 5.76. The molecule has 1 saturated heterocycles. The molecular weight excluding hydrogens is 428 g/mol. The van der Waals surface area contributed by atoms with Gasteiger partial charge in [0.2, 0.25) is 0 Å². The number of hydrogen-bond acceptors (Lipinski definition) is 6. The minimum atomic E-state index is 0.573. The second kappa shape index (κ2) is 8.83. The normalized spacial score (nSPS) is 14.8. The van der Waals surface area contributed by atoms with Gasteiger partial charge < -0.3 is 9.64 Å². The molecule has 31 heavy (non-hydrogen) atoms. The lowest BCUT2D eigenvalue weighted by Gasteiger charge is -2.35. The Morgan fingerprint density at radius 2 is 1.77 bits per heavy atom. The highest BCUT2D eigenvalue weighted by molar-refractivity contribution is 7.13. The van der Waals surface area contributed by atoms with Crippen molar-refractivity contribution in [3.05, 3.63) is 70.8 Å². The molecule has 5 rings (SSSR count). The average molecular weight is 451 g/mol. The summed E-state index contributed by atoms with van der Waals surface area (Å²) in [6, 6.07) is 18.3. The van der Waals surface area contributed by atoms with Gasteiger partial charge in [-0.1, -0.05) is 35.9 Å². The smallest absolute Gasteiger partial charge is 0.139 e. The lowest BCUT2D eigenvalue weighted by molar-refractivity contribution is 0.247. The van der Waals surface area contributed by atoms with Gasteiger partial charge in [-0.25, -0.2) is 9.97 Å². The Balaban J connectivity index is 1.22. The van der Waals surface area contributed by atoms with Crippen LogP contribution in [0.5, 0.6) is 5.75 Å². The van der Waals surface area contributed by atoms with Crippen molar-refractivity contribution in [1.82, 2.24) is 14.9 Å². The topological polar surface area (TPSA) is 41.5 Å². The number of rotatable bonds is 5. The molecule has 0 unspecified atom stereocenters. The van der Waals surface area contributed by atoms with Gasteiger partial charge in [-0.2, -0.15) is 0 Å². The molecule has 0 radical (unpaired) electrons. The number of hydrogen-bond donors (Lipinski definition) is 0. The number of thiazole rings is 1. The third-order valence-electron chi connectivity index (χ3n) is 5.65. The number of aromatic nitrogens is 2. The van der Waals surface area contributed by atoms with Crippen LogP contribution in [0.4, 0.5) is 5.82 Å². The largest absolute Gasteiger partial charge is 0.497 e. The second-order valence-corrected chi connectivity index (χ2v) is 8.84. The zero-order valence-electron chi connectivity index (χ0n) is 17.3. The van der Waals surface area contributed by atoms with E-state index < -0.39 is 0 Å². The van der Waals surface area contributed by atoms with Gasteiger partial charge in [0.1, 0.15) is 21.7 Å². The molecule has 2 aromatic heterocycles. The molecule has 0 atom stereocenters. The molecule has 1 aliphatic rings. The van der Waals surface area contributed by atoms with E-state index in [1.807, 2.05) is 30.3 Å². The van der Waals surface area contributed by atoms with Crippen molar-refractivity contribution in [2.45, 2.75) is 6.54 Å². The highest BCUT2D eigenvalue weighted by Crippen LogP contribution is 2.28. The van der Waals surface area contributed by atoms with Crippen LogP contribution in [0.15, 0.2) is 60.0 Å². The van der Waals surface area contributed by atoms with Gasteiger partial charge in [0.15, 0.2) is 0 Å². The van der Waals surface area contributed by atoms with Gasteiger partial charge in [-0.15, -0.1) is 11.3 Å². The Bertz CT molecular complexity index is 1190. The molecule has 0 bridgehead atoms. The van der Waals surface area contributed by atoms with Crippen molar-refractivity contribution in [2.75, 3.05) is 38.2 Å². The third-order valence-corrected chi connectivity index (χ3v) is 6.88. The molecule has 5 nitrogen and oxygen atoms in total. The van der Waals surface area contributed by atoms with Crippen molar-refractivity contribution in [3.63, 3.8) is 0 Å². The van der Waals surface area contributed by atoms with E-state index in [9.17, 15) is 0 Å². The molecule has 2 aromatic carbocycles. The van der Waals surface area contributed by atoms with Crippen LogP contribution in [0, 0.1) is 0 Å². The van der Waals surface area contributed by atoms with Gasteiger partial charge in [0.05, 0.1) is 12.8 Å².